The van der Waals surface area contributed by atoms with Crippen LogP contribution in [0.25, 0.3) is 10.9 Å². The third-order valence-electron chi connectivity index (χ3n) is 3.64. The van der Waals surface area contributed by atoms with Crippen molar-refractivity contribution in [3.05, 3.63) is 63.7 Å². The lowest BCUT2D eigenvalue weighted by atomic mass is 10.1. The summed E-state index contributed by atoms with van der Waals surface area (Å²) >= 11 is 1.48. The Morgan fingerprint density at radius 3 is 2.50 bits per heavy atom. The van der Waals surface area contributed by atoms with Crippen LogP contribution in [0.1, 0.15) is 21.7 Å². The number of nitrogens with zero attached hydrogens (tertiary/aromatic N) is 1. The van der Waals surface area contributed by atoms with Crippen molar-refractivity contribution in [3.8, 4) is 0 Å². The Morgan fingerprint density at radius 1 is 1.12 bits per heavy atom. The Bertz CT molecular complexity index is 978. The monoisotopic (exact) mass is 340 g/mol. The number of carbonyl (C=O) groups excluding carboxylic acids is 1. The number of benzene rings is 2. The second kappa shape index (κ2) is 6.49. The SMILES string of the molecule is COC(=O)c1ccc(Sc2c(C)ccc3nc(C)[nH]c(=O)c23)cc1. The van der Waals surface area contributed by atoms with E-state index in [0.717, 1.165) is 15.4 Å². The number of aryl methyl sites for hydroxylation is 2. The van der Waals surface area contributed by atoms with Crippen LogP contribution in [0.2, 0.25) is 0 Å². The molecule has 0 amide bonds. The number of carbonyl (C=O) groups is 1. The molecule has 1 aromatic heterocycles. The molecular weight excluding hydrogens is 324 g/mol. The van der Waals surface area contributed by atoms with Crippen molar-refractivity contribution < 1.29 is 9.53 Å². The van der Waals surface area contributed by atoms with Gasteiger partial charge < -0.3 is 9.72 Å². The summed E-state index contributed by atoms with van der Waals surface area (Å²) in [5, 5.41) is 0.586. The number of aromatic nitrogens is 2. The molecule has 0 fully saturated rings. The molecule has 0 aliphatic rings. The maximum atomic E-state index is 12.4. The lowest BCUT2D eigenvalue weighted by molar-refractivity contribution is 0.0600. The minimum Gasteiger partial charge on any atom is -0.465 e. The first kappa shape index (κ1) is 16.3. The van der Waals surface area contributed by atoms with Gasteiger partial charge in [0.15, 0.2) is 0 Å². The molecule has 3 rings (SSSR count). The number of rotatable bonds is 3. The number of hydrogen-bond donors (Lipinski definition) is 1. The second-order valence-corrected chi connectivity index (χ2v) is 6.46. The van der Waals surface area contributed by atoms with Crippen LogP contribution in [0.4, 0.5) is 0 Å². The number of aromatic amines is 1. The van der Waals surface area contributed by atoms with Gasteiger partial charge in [0, 0.05) is 9.79 Å². The molecule has 0 spiro atoms. The summed E-state index contributed by atoms with van der Waals surface area (Å²) in [6, 6.07) is 10.9. The highest BCUT2D eigenvalue weighted by Crippen LogP contribution is 2.34. The van der Waals surface area contributed by atoms with Gasteiger partial charge in [0.2, 0.25) is 0 Å². The smallest absolute Gasteiger partial charge is 0.337 e. The fourth-order valence-corrected chi connectivity index (χ4v) is 3.49. The van der Waals surface area contributed by atoms with E-state index in [1.165, 1.54) is 18.9 Å². The van der Waals surface area contributed by atoms with Crippen molar-refractivity contribution >= 4 is 28.6 Å². The summed E-state index contributed by atoms with van der Waals surface area (Å²) in [5.41, 5.74) is 2.03. The standard InChI is InChI=1S/C18H16N2O3S/c1-10-4-9-14-15(17(21)20-11(2)19-14)16(10)24-13-7-5-12(6-8-13)18(22)23-3/h4-9H,1-3H3,(H,19,20,21). The molecule has 0 radical (unpaired) electrons. The van der Waals surface area contributed by atoms with Crippen molar-refractivity contribution in [2.75, 3.05) is 7.11 Å². The predicted octanol–water partition coefficient (Wildman–Crippen LogP) is 3.48. The molecule has 3 aromatic rings. The molecule has 0 unspecified atom stereocenters. The third-order valence-corrected chi connectivity index (χ3v) is 4.88. The number of methoxy groups -OCH3 is 1. The number of hydrogen-bond acceptors (Lipinski definition) is 5. The zero-order valence-electron chi connectivity index (χ0n) is 13.5. The lowest BCUT2D eigenvalue weighted by Gasteiger charge is -2.10. The molecule has 24 heavy (non-hydrogen) atoms. The molecule has 1 heterocycles. The van der Waals surface area contributed by atoms with Crippen molar-refractivity contribution in [2.24, 2.45) is 0 Å². The predicted molar refractivity (Wildman–Crippen MR) is 93.7 cm³/mol. The Labute approximate surface area is 143 Å². The fourth-order valence-electron chi connectivity index (χ4n) is 2.45. The van der Waals surface area contributed by atoms with E-state index in [0.29, 0.717) is 22.3 Å². The molecule has 0 saturated heterocycles. The molecule has 0 atom stereocenters. The number of fused-ring (bicyclic) bond motifs is 1. The van der Waals surface area contributed by atoms with Crippen molar-refractivity contribution in [2.45, 2.75) is 23.6 Å². The van der Waals surface area contributed by atoms with Crippen molar-refractivity contribution in [1.82, 2.24) is 9.97 Å². The first-order chi connectivity index (χ1) is 11.5. The Balaban J connectivity index is 2.05. The maximum Gasteiger partial charge on any atom is 0.337 e. The second-order valence-electron chi connectivity index (χ2n) is 5.38. The van der Waals surface area contributed by atoms with E-state index in [9.17, 15) is 9.59 Å². The first-order valence-electron chi connectivity index (χ1n) is 7.36. The fraction of sp³-hybridized carbons (Fsp3) is 0.167. The van der Waals surface area contributed by atoms with Gasteiger partial charge in [0.25, 0.3) is 5.56 Å². The molecule has 1 N–H and O–H groups in total. The minimum atomic E-state index is -0.371. The van der Waals surface area contributed by atoms with E-state index < -0.39 is 0 Å². The van der Waals surface area contributed by atoms with E-state index in [1.807, 2.05) is 31.2 Å². The van der Waals surface area contributed by atoms with Crippen LogP contribution in [-0.2, 0) is 4.74 Å². The Kier molecular flexibility index (Phi) is 4.40. The average molecular weight is 340 g/mol. The van der Waals surface area contributed by atoms with Crippen LogP contribution >= 0.6 is 11.8 Å². The van der Waals surface area contributed by atoms with Crippen molar-refractivity contribution in [1.29, 1.82) is 0 Å². The highest BCUT2D eigenvalue weighted by Gasteiger charge is 2.12. The molecule has 0 saturated carbocycles. The van der Waals surface area contributed by atoms with E-state index in [4.69, 9.17) is 4.74 Å². The van der Waals surface area contributed by atoms with E-state index in [2.05, 4.69) is 9.97 Å². The minimum absolute atomic E-state index is 0.144. The van der Waals surface area contributed by atoms with Gasteiger partial charge in [-0.1, -0.05) is 17.8 Å². The third kappa shape index (κ3) is 3.05. The largest absolute Gasteiger partial charge is 0.465 e. The van der Waals surface area contributed by atoms with Crippen LogP contribution in [0.15, 0.2) is 51.0 Å². The van der Waals surface area contributed by atoms with Gasteiger partial charge in [-0.2, -0.15) is 0 Å². The number of esters is 1. The summed E-state index contributed by atoms with van der Waals surface area (Å²) in [4.78, 5) is 32.8. The quantitative estimate of drug-likeness (QED) is 0.739. The molecule has 6 heteroatoms. The number of ether oxygens (including phenoxy) is 1. The molecule has 5 nitrogen and oxygen atoms in total. The Hall–Kier alpha value is -2.60. The summed E-state index contributed by atoms with van der Waals surface area (Å²) in [6.07, 6.45) is 0. The van der Waals surface area contributed by atoms with Gasteiger partial charge in [-0.15, -0.1) is 0 Å². The summed E-state index contributed by atoms with van der Waals surface area (Å²) < 4.78 is 4.70. The molecule has 0 aliphatic carbocycles. The van der Waals surface area contributed by atoms with Crippen LogP contribution < -0.4 is 5.56 Å². The van der Waals surface area contributed by atoms with Crippen LogP contribution in [0.3, 0.4) is 0 Å². The van der Waals surface area contributed by atoms with Gasteiger partial charge in [0.05, 0.1) is 23.6 Å². The number of H-pyrrole nitrogens is 1. The van der Waals surface area contributed by atoms with E-state index >= 15 is 0 Å². The highest BCUT2D eigenvalue weighted by atomic mass is 32.2. The Morgan fingerprint density at radius 2 is 1.83 bits per heavy atom. The van der Waals surface area contributed by atoms with Crippen molar-refractivity contribution in [3.63, 3.8) is 0 Å². The molecule has 0 aliphatic heterocycles. The zero-order valence-corrected chi connectivity index (χ0v) is 14.4. The summed E-state index contributed by atoms with van der Waals surface area (Å²) in [6.45, 7) is 3.73. The number of nitrogens with one attached hydrogen (secondary N) is 1. The molecule has 2 aromatic carbocycles. The lowest BCUT2D eigenvalue weighted by Crippen LogP contribution is -2.11. The first-order valence-corrected chi connectivity index (χ1v) is 8.17. The molecular formula is C18H16N2O3S. The molecule has 122 valence electrons. The van der Waals surface area contributed by atoms with Gasteiger partial charge >= 0.3 is 5.97 Å². The van der Waals surface area contributed by atoms with Gasteiger partial charge in [-0.05, 0) is 49.7 Å². The topological polar surface area (TPSA) is 72.0 Å². The van der Waals surface area contributed by atoms with Crippen LogP contribution in [0, 0.1) is 13.8 Å². The maximum absolute atomic E-state index is 12.4. The zero-order chi connectivity index (χ0) is 17.3. The molecule has 0 bridgehead atoms. The van der Waals surface area contributed by atoms with E-state index in [-0.39, 0.29) is 11.5 Å². The van der Waals surface area contributed by atoms with Gasteiger partial charge in [-0.25, -0.2) is 9.78 Å². The van der Waals surface area contributed by atoms with Crippen LogP contribution in [0.5, 0.6) is 0 Å². The summed E-state index contributed by atoms with van der Waals surface area (Å²) in [7, 11) is 1.35. The summed E-state index contributed by atoms with van der Waals surface area (Å²) in [5.74, 6) is 0.221. The van der Waals surface area contributed by atoms with Gasteiger partial charge in [-0.3, -0.25) is 4.79 Å². The highest BCUT2D eigenvalue weighted by molar-refractivity contribution is 7.99. The average Bonchev–Trinajstić information content (AvgIpc) is 2.57. The normalized spacial score (nSPS) is 10.8. The van der Waals surface area contributed by atoms with E-state index in [1.54, 1.807) is 19.1 Å². The van der Waals surface area contributed by atoms with Gasteiger partial charge in [0.1, 0.15) is 5.82 Å². The van der Waals surface area contributed by atoms with Crippen LogP contribution in [-0.4, -0.2) is 23.0 Å².